The molecule has 0 aliphatic carbocycles. The average molecular weight is 480 g/mol. The van der Waals surface area contributed by atoms with Crippen LogP contribution in [0.5, 0.6) is 17.4 Å². The quantitative estimate of drug-likeness (QED) is 0.419. The van der Waals surface area contributed by atoms with E-state index in [0.29, 0.717) is 52.7 Å². The third-order valence-electron chi connectivity index (χ3n) is 6.25. The zero-order valence-electron chi connectivity index (χ0n) is 20.7. The summed E-state index contributed by atoms with van der Waals surface area (Å²) in [5.41, 5.74) is 2.54. The summed E-state index contributed by atoms with van der Waals surface area (Å²) in [5.74, 6) is 1.33. The number of nitrogens with zero attached hydrogens (tertiary/aromatic N) is 4. The van der Waals surface area contributed by atoms with Gasteiger partial charge in [0.15, 0.2) is 11.5 Å². The number of aromatic nitrogens is 4. The van der Waals surface area contributed by atoms with Crippen LogP contribution in [0, 0.1) is 6.92 Å². The Bertz CT molecular complexity index is 1530. The molecule has 0 spiro atoms. The van der Waals surface area contributed by atoms with Gasteiger partial charge < -0.3 is 19.5 Å². The predicted octanol–water partition coefficient (Wildman–Crippen LogP) is 2.64. The zero-order valence-corrected chi connectivity index (χ0v) is 20.7. The van der Waals surface area contributed by atoms with Crippen molar-refractivity contribution in [2.45, 2.75) is 26.8 Å². The number of anilines is 1. The highest BCUT2D eigenvalue weighted by atomic mass is 16.5. The zero-order chi connectivity index (χ0) is 25.4. The number of H-pyrrole nitrogens is 1. The van der Waals surface area contributed by atoms with Crippen molar-refractivity contribution in [3.05, 3.63) is 68.0 Å². The van der Waals surface area contributed by atoms with E-state index in [4.69, 9.17) is 9.47 Å². The van der Waals surface area contributed by atoms with Crippen LogP contribution in [0.3, 0.4) is 0 Å². The number of nitrogens with one attached hydrogen (secondary N) is 1. The molecule has 0 unspecified atom stereocenters. The van der Waals surface area contributed by atoms with Crippen molar-refractivity contribution < 1.29 is 14.6 Å². The number of fused-ring (bicyclic) bond motifs is 1. The number of hydrogen-bond acceptors (Lipinski definition) is 7. The van der Waals surface area contributed by atoms with Gasteiger partial charge in [-0.05, 0) is 31.0 Å². The molecule has 0 amide bonds. The molecule has 0 aliphatic rings. The second kappa shape index (κ2) is 9.21. The van der Waals surface area contributed by atoms with Gasteiger partial charge in [-0.25, -0.2) is 14.3 Å². The van der Waals surface area contributed by atoms with Gasteiger partial charge in [0.05, 0.1) is 36.5 Å². The molecule has 0 atom stereocenters. The van der Waals surface area contributed by atoms with E-state index in [-0.39, 0.29) is 17.1 Å². The monoisotopic (exact) mass is 479 g/mol. The van der Waals surface area contributed by atoms with Crippen LogP contribution in [0.25, 0.3) is 16.6 Å². The first-order valence-corrected chi connectivity index (χ1v) is 11.2. The summed E-state index contributed by atoms with van der Waals surface area (Å²) in [6, 6.07) is 8.99. The molecule has 0 bridgehead atoms. The van der Waals surface area contributed by atoms with Crippen molar-refractivity contribution >= 4 is 16.9 Å². The van der Waals surface area contributed by atoms with Crippen LogP contribution >= 0.6 is 0 Å². The Kier molecular flexibility index (Phi) is 6.29. The normalized spacial score (nSPS) is 11.1. The molecule has 0 aliphatic heterocycles. The van der Waals surface area contributed by atoms with Crippen molar-refractivity contribution in [2.24, 2.45) is 7.05 Å². The van der Waals surface area contributed by atoms with Crippen LogP contribution in [-0.2, 0) is 20.0 Å². The Balaban J connectivity index is 1.73. The second-order valence-electron chi connectivity index (χ2n) is 8.34. The van der Waals surface area contributed by atoms with E-state index in [0.717, 1.165) is 11.1 Å². The lowest BCUT2D eigenvalue weighted by Gasteiger charge is -2.20. The third kappa shape index (κ3) is 4.01. The Morgan fingerprint density at radius 2 is 1.91 bits per heavy atom. The number of imidazole rings is 1. The lowest BCUT2D eigenvalue weighted by Crippen LogP contribution is -2.24. The van der Waals surface area contributed by atoms with Gasteiger partial charge in [-0.1, -0.05) is 19.1 Å². The first kappa shape index (κ1) is 23.9. The number of rotatable bonds is 7. The highest BCUT2D eigenvalue weighted by Gasteiger charge is 2.19. The van der Waals surface area contributed by atoms with Crippen LogP contribution in [-0.4, -0.2) is 45.5 Å². The van der Waals surface area contributed by atoms with E-state index in [1.165, 1.54) is 9.13 Å². The Hall–Kier alpha value is -4.21. The Morgan fingerprint density at radius 3 is 2.51 bits per heavy atom. The van der Waals surface area contributed by atoms with Gasteiger partial charge in [-0.2, -0.15) is 0 Å². The van der Waals surface area contributed by atoms with Crippen molar-refractivity contribution in [3.8, 4) is 23.1 Å². The molecule has 2 aromatic heterocycles. The minimum absolute atomic E-state index is 0.0976. The van der Waals surface area contributed by atoms with E-state index >= 15 is 0 Å². The third-order valence-corrected chi connectivity index (χ3v) is 6.25. The summed E-state index contributed by atoms with van der Waals surface area (Å²) in [6.07, 6.45) is 0.578. The van der Waals surface area contributed by atoms with Gasteiger partial charge in [0.25, 0.3) is 5.56 Å². The summed E-state index contributed by atoms with van der Waals surface area (Å²) in [4.78, 5) is 35.0. The minimum Gasteiger partial charge on any atom is -0.493 e. The summed E-state index contributed by atoms with van der Waals surface area (Å²) < 4.78 is 13.6. The molecule has 0 saturated heterocycles. The fourth-order valence-electron chi connectivity index (χ4n) is 4.29. The van der Waals surface area contributed by atoms with Crippen LogP contribution in [0.1, 0.15) is 23.7 Å². The SMILES string of the molecule is CCc1c(OC)c(OC)cc2nc(N(C)Cc3cccc(-n4c(O)c(C)n(C)c4=O)c3)[nH]c(=O)c12. The van der Waals surface area contributed by atoms with Crippen molar-refractivity contribution in [1.29, 1.82) is 0 Å². The summed E-state index contributed by atoms with van der Waals surface area (Å²) in [6.45, 7) is 4.03. The number of hydrogen-bond donors (Lipinski definition) is 2. The number of methoxy groups -OCH3 is 2. The molecular weight excluding hydrogens is 450 g/mol. The second-order valence-corrected chi connectivity index (χ2v) is 8.34. The lowest BCUT2D eigenvalue weighted by molar-refractivity contribution is 0.353. The van der Waals surface area contributed by atoms with E-state index in [1.54, 1.807) is 45.2 Å². The molecule has 10 nitrogen and oxygen atoms in total. The van der Waals surface area contributed by atoms with E-state index in [1.807, 2.05) is 32.2 Å². The minimum atomic E-state index is -0.331. The molecule has 2 N–H and O–H groups in total. The van der Waals surface area contributed by atoms with Gasteiger partial charge >= 0.3 is 5.69 Å². The first-order valence-electron chi connectivity index (χ1n) is 11.2. The molecule has 0 saturated carbocycles. The van der Waals surface area contributed by atoms with Crippen LogP contribution in [0.15, 0.2) is 39.9 Å². The van der Waals surface area contributed by atoms with Crippen molar-refractivity contribution in [1.82, 2.24) is 19.1 Å². The maximum atomic E-state index is 13.1. The van der Waals surface area contributed by atoms with Gasteiger partial charge in [-0.15, -0.1) is 0 Å². The van der Waals surface area contributed by atoms with Gasteiger partial charge in [0.1, 0.15) is 0 Å². The lowest BCUT2D eigenvalue weighted by atomic mass is 10.0. The molecule has 10 heteroatoms. The molecule has 35 heavy (non-hydrogen) atoms. The van der Waals surface area contributed by atoms with Crippen LogP contribution in [0.4, 0.5) is 5.95 Å². The smallest absolute Gasteiger partial charge is 0.335 e. The van der Waals surface area contributed by atoms with E-state index in [9.17, 15) is 14.7 Å². The largest absolute Gasteiger partial charge is 0.493 e. The summed E-state index contributed by atoms with van der Waals surface area (Å²) in [7, 11) is 6.52. The number of benzene rings is 2. The van der Waals surface area contributed by atoms with Crippen LogP contribution < -0.4 is 25.6 Å². The molecule has 184 valence electrons. The number of ether oxygens (including phenoxy) is 2. The van der Waals surface area contributed by atoms with E-state index in [2.05, 4.69) is 9.97 Å². The number of aromatic amines is 1. The molecule has 0 radical (unpaired) electrons. The fourth-order valence-corrected chi connectivity index (χ4v) is 4.29. The van der Waals surface area contributed by atoms with Crippen LogP contribution in [0.2, 0.25) is 0 Å². The predicted molar refractivity (Wildman–Crippen MR) is 134 cm³/mol. The first-order chi connectivity index (χ1) is 16.7. The standard InChI is InChI=1S/C25H29N5O5/c1-7-17-20-18(12-19(34-5)21(17)35-6)26-24(27-22(20)31)28(3)13-15-9-8-10-16(11-15)30-23(32)14(2)29(4)25(30)33/h8-12,32H,7,13H2,1-6H3,(H,26,27,31). The Morgan fingerprint density at radius 1 is 1.17 bits per heavy atom. The summed E-state index contributed by atoms with van der Waals surface area (Å²) >= 11 is 0. The number of aromatic hydroxyl groups is 1. The topological polar surface area (TPSA) is 115 Å². The maximum Gasteiger partial charge on any atom is 0.335 e. The highest BCUT2D eigenvalue weighted by molar-refractivity contribution is 5.87. The average Bonchev–Trinajstić information content (AvgIpc) is 3.04. The molecule has 0 fully saturated rings. The molecular formula is C25H29N5O5. The highest BCUT2D eigenvalue weighted by Crippen LogP contribution is 2.36. The van der Waals surface area contributed by atoms with Gasteiger partial charge in [-0.3, -0.25) is 14.3 Å². The molecule has 2 heterocycles. The molecule has 2 aromatic carbocycles. The molecule has 4 aromatic rings. The van der Waals surface area contributed by atoms with Gasteiger partial charge in [0, 0.05) is 32.3 Å². The molecule has 4 rings (SSSR count). The van der Waals surface area contributed by atoms with Crippen molar-refractivity contribution in [2.75, 3.05) is 26.2 Å². The fraction of sp³-hybridized carbons (Fsp3) is 0.320. The summed E-state index contributed by atoms with van der Waals surface area (Å²) in [5, 5.41) is 10.9. The van der Waals surface area contributed by atoms with Crippen molar-refractivity contribution in [3.63, 3.8) is 0 Å². The Labute approximate surface area is 202 Å². The van der Waals surface area contributed by atoms with E-state index < -0.39 is 0 Å². The number of aryl methyl sites for hydroxylation is 1. The maximum absolute atomic E-state index is 13.1. The van der Waals surface area contributed by atoms with Gasteiger partial charge in [0.2, 0.25) is 11.8 Å².